The highest BCUT2D eigenvalue weighted by Crippen LogP contribution is 2.16. The molecule has 0 aliphatic rings. The molecule has 0 aliphatic heterocycles. The van der Waals surface area contributed by atoms with Gasteiger partial charge in [0.15, 0.2) is 0 Å². The monoisotopic (exact) mass is 312 g/mol. The van der Waals surface area contributed by atoms with Crippen LogP contribution in [0.3, 0.4) is 0 Å². The van der Waals surface area contributed by atoms with Crippen LogP contribution in [-0.2, 0) is 7.05 Å². The summed E-state index contributed by atoms with van der Waals surface area (Å²) in [5.74, 6) is -0.450. The number of para-hydroxylation sites is 1. The Morgan fingerprint density at radius 2 is 1.91 bits per heavy atom. The van der Waals surface area contributed by atoms with E-state index >= 15 is 0 Å². The van der Waals surface area contributed by atoms with Gasteiger partial charge in [-0.1, -0.05) is 29.8 Å². The zero-order chi connectivity index (χ0) is 15.7. The van der Waals surface area contributed by atoms with Crippen LogP contribution in [0, 0.1) is 0 Å². The predicted octanol–water partition coefficient (Wildman–Crippen LogP) is 3.44. The summed E-state index contributed by atoms with van der Waals surface area (Å²) in [7, 11) is 1.80. The normalized spacial score (nSPS) is 10.6. The number of nitrogens with zero attached hydrogens (tertiary/aromatic N) is 1. The topological polar surface area (TPSA) is 51.1 Å². The van der Waals surface area contributed by atoms with Gasteiger partial charge >= 0.3 is 0 Å². The van der Waals surface area contributed by atoms with Gasteiger partial charge in [-0.25, -0.2) is 0 Å². The lowest BCUT2D eigenvalue weighted by Gasteiger charge is -2.09. The third-order valence-electron chi connectivity index (χ3n) is 3.42. The first kappa shape index (κ1) is 14.4. The lowest BCUT2D eigenvalue weighted by molar-refractivity contribution is 0.102. The van der Waals surface area contributed by atoms with Crippen LogP contribution in [0.15, 0.2) is 59.5 Å². The average Bonchev–Trinajstić information content (AvgIpc) is 2.51. The molecular weight excluding hydrogens is 300 g/mol. The fourth-order valence-electron chi connectivity index (χ4n) is 2.37. The summed E-state index contributed by atoms with van der Waals surface area (Å²) in [4.78, 5) is 24.9. The van der Waals surface area contributed by atoms with Crippen molar-refractivity contribution >= 4 is 34.1 Å². The SMILES string of the molecule is Cn1cc(C(=O)Nc2cccc(Cl)c2)c(=O)c2ccccc21. The number of anilines is 1. The van der Waals surface area contributed by atoms with Crippen molar-refractivity contribution in [2.75, 3.05) is 5.32 Å². The maximum atomic E-state index is 12.5. The van der Waals surface area contributed by atoms with Crippen molar-refractivity contribution in [1.82, 2.24) is 4.57 Å². The van der Waals surface area contributed by atoms with E-state index in [9.17, 15) is 9.59 Å². The number of hydrogen-bond acceptors (Lipinski definition) is 2. The zero-order valence-corrected chi connectivity index (χ0v) is 12.6. The van der Waals surface area contributed by atoms with Crippen LogP contribution in [0.1, 0.15) is 10.4 Å². The molecule has 3 aromatic rings. The van der Waals surface area contributed by atoms with E-state index in [2.05, 4.69) is 5.32 Å². The summed E-state index contributed by atoms with van der Waals surface area (Å²) in [6.07, 6.45) is 1.55. The van der Waals surface area contributed by atoms with E-state index in [4.69, 9.17) is 11.6 Å². The first-order valence-electron chi connectivity index (χ1n) is 6.71. The summed E-state index contributed by atoms with van der Waals surface area (Å²) in [6.45, 7) is 0. The minimum Gasteiger partial charge on any atom is -0.350 e. The maximum absolute atomic E-state index is 12.5. The Labute approximate surface area is 132 Å². The number of aryl methyl sites for hydroxylation is 1. The van der Waals surface area contributed by atoms with E-state index in [0.717, 1.165) is 5.52 Å². The summed E-state index contributed by atoms with van der Waals surface area (Å²) < 4.78 is 1.77. The lowest BCUT2D eigenvalue weighted by Crippen LogP contribution is -2.23. The van der Waals surface area contributed by atoms with Crippen LogP contribution in [0.5, 0.6) is 0 Å². The molecule has 110 valence electrons. The molecule has 0 atom stereocenters. The number of fused-ring (bicyclic) bond motifs is 1. The van der Waals surface area contributed by atoms with E-state index in [1.807, 2.05) is 12.1 Å². The molecule has 0 saturated carbocycles. The number of carbonyl (C=O) groups is 1. The Morgan fingerprint density at radius 3 is 2.68 bits per heavy atom. The van der Waals surface area contributed by atoms with Gasteiger partial charge in [-0.3, -0.25) is 9.59 Å². The minimum absolute atomic E-state index is 0.0983. The molecule has 3 rings (SSSR count). The van der Waals surface area contributed by atoms with Gasteiger partial charge < -0.3 is 9.88 Å². The Morgan fingerprint density at radius 1 is 1.14 bits per heavy atom. The molecule has 4 nitrogen and oxygen atoms in total. The molecule has 2 aromatic carbocycles. The van der Waals surface area contributed by atoms with Crippen LogP contribution in [0.25, 0.3) is 10.9 Å². The second-order valence-electron chi connectivity index (χ2n) is 4.96. The molecule has 1 heterocycles. The highest BCUT2D eigenvalue weighted by Gasteiger charge is 2.14. The van der Waals surface area contributed by atoms with Crippen molar-refractivity contribution in [2.45, 2.75) is 0 Å². The van der Waals surface area contributed by atoms with Crippen LogP contribution in [0.2, 0.25) is 5.02 Å². The van der Waals surface area contributed by atoms with Gasteiger partial charge in [0.05, 0.1) is 5.52 Å². The van der Waals surface area contributed by atoms with Crippen molar-refractivity contribution in [3.8, 4) is 0 Å². The largest absolute Gasteiger partial charge is 0.350 e. The van der Waals surface area contributed by atoms with Crippen LogP contribution in [-0.4, -0.2) is 10.5 Å². The smallest absolute Gasteiger partial charge is 0.261 e. The number of pyridine rings is 1. The lowest BCUT2D eigenvalue weighted by atomic mass is 10.1. The number of nitrogens with one attached hydrogen (secondary N) is 1. The third-order valence-corrected chi connectivity index (χ3v) is 3.66. The van der Waals surface area contributed by atoms with Gasteiger partial charge in [0.25, 0.3) is 5.91 Å². The quantitative estimate of drug-likeness (QED) is 0.788. The van der Waals surface area contributed by atoms with E-state index in [-0.39, 0.29) is 11.0 Å². The Kier molecular flexibility index (Phi) is 3.69. The Hall–Kier alpha value is -2.59. The van der Waals surface area contributed by atoms with Crippen molar-refractivity contribution in [3.63, 3.8) is 0 Å². The molecule has 0 fully saturated rings. The van der Waals surface area contributed by atoms with Gasteiger partial charge in [-0.2, -0.15) is 0 Å². The summed E-state index contributed by atoms with van der Waals surface area (Å²) in [5.41, 5.74) is 1.15. The first-order valence-corrected chi connectivity index (χ1v) is 7.09. The Bertz CT molecular complexity index is 931. The molecule has 0 radical (unpaired) electrons. The predicted molar refractivity (Wildman–Crippen MR) is 88.6 cm³/mol. The van der Waals surface area contributed by atoms with Crippen molar-refractivity contribution in [3.05, 3.63) is 75.5 Å². The Balaban J connectivity index is 2.05. The highest BCUT2D eigenvalue weighted by molar-refractivity contribution is 6.31. The molecule has 0 spiro atoms. The molecule has 5 heteroatoms. The van der Waals surface area contributed by atoms with Gasteiger partial charge in [0, 0.05) is 29.3 Å². The van der Waals surface area contributed by atoms with Gasteiger partial charge in [-0.05, 0) is 30.3 Å². The number of rotatable bonds is 2. The van der Waals surface area contributed by atoms with Crippen molar-refractivity contribution < 1.29 is 4.79 Å². The number of halogens is 1. The first-order chi connectivity index (χ1) is 10.6. The standard InChI is InChI=1S/C17H13ClN2O2/c1-20-10-14(16(21)13-7-2-3-8-15(13)20)17(22)19-12-6-4-5-11(18)9-12/h2-10H,1H3,(H,19,22). The number of aromatic nitrogens is 1. The summed E-state index contributed by atoms with van der Waals surface area (Å²) in [5, 5.41) is 3.73. The molecule has 0 aliphatic carbocycles. The van der Waals surface area contributed by atoms with Gasteiger partial charge in [0.1, 0.15) is 5.56 Å². The number of hydrogen-bond donors (Lipinski definition) is 1. The second-order valence-corrected chi connectivity index (χ2v) is 5.40. The summed E-state index contributed by atoms with van der Waals surface area (Å²) in [6, 6.07) is 14.0. The molecule has 1 amide bonds. The van der Waals surface area contributed by atoms with Crippen molar-refractivity contribution in [2.24, 2.45) is 7.05 Å². The summed E-state index contributed by atoms with van der Waals surface area (Å²) >= 11 is 5.89. The molecule has 0 bridgehead atoms. The minimum atomic E-state index is -0.450. The fourth-order valence-corrected chi connectivity index (χ4v) is 2.56. The number of benzene rings is 2. The highest BCUT2D eigenvalue weighted by atomic mass is 35.5. The molecular formula is C17H13ClN2O2. The van der Waals surface area contributed by atoms with Crippen LogP contribution >= 0.6 is 11.6 Å². The van der Waals surface area contributed by atoms with Crippen molar-refractivity contribution in [1.29, 1.82) is 0 Å². The number of carbonyl (C=O) groups excluding carboxylic acids is 1. The van der Waals surface area contributed by atoms with Crippen LogP contribution < -0.4 is 10.7 Å². The van der Waals surface area contributed by atoms with Gasteiger partial charge in [-0.15, -0.1) is 0 Å². The average molecular weight is 313 g/mol. The number of amides is 1. The third kappa shape index (κ3) is 2.61. The zero-order valence-electron chi connectivity index (χ0n) is 11.8. The second kappa shape index (κ2) is 5.66. The molecule has 22 heavy (non-hydrogen) atoms. The van der Waals surface area contributed by atoms with E-state index < -0.39 is 5.91 Å². The van der Waals surface area contributed by atoms with E-state index in [1.54, 1.807) is 54.2 Å². The fraction of sp³-hybridized carbons (Fsp3) is 0.0588. The van der Waals surface area contributed by atoms with E-state index in [1.165, 1.54) is 0 Å². The molecule has 1 aromatic heterocycles. The molecule has 0 unspecified atom stereocenters. The maximum Gasteiger partial charge on any atom is 0.261 e. The van der Waals surface area contributed by atoms with Crippen LogP contribution in [0.4, 0.5) is 5.69 Å². The molecule has 1 N–H and O–H groups in total. The van der Waals surface area contributed by atoms with E-state index in [0.29, 0.717) is 16.1 Å². The molecule has 0 saturated heterocycles. The van der Waals surface area contributed by atoms with Gasteiger partial charge in [0.2, 0.25) is 5.43 Å².